The van der Waals surface area contributed by atoms with Gasteiger partial charge in [-0.3, -0.25) is 0 Å². The van der Waals surface area contributed by atoms with Gasteiger partial charge in [0.1, 0.15) is 0 Å². The van der Waals surface area contributed by atoms with Crippen molar-refractivity contribution in [2.75, 3.05) is 27.8 Å². The number of hydrazone groups is 1. The molecule has 2 heterocycles. The van der Waals surface area contributed by atoms with Crippen LogP contribution in [0.25, 0.3) is 16.9 Å². The first-order chi connectivity index (χ1) is 18.0. The van der Waals surface area contributed by atoms with E-state index >= 15 is 0 Å². The molecule has 0 radical (unpaired) electrons. The quantitative estimate of drug-likeness (QED) is 0.431. The van der Waals surface area contributed by atoms with Crippen LogP contribution in [0.15, 0.2) is 77.9 Å². The maximum Gasteiger partial charge on any atom is 0.337 e. The van der Waals surface area contributed by atoms with Crippen LogP contribution >= 0.6 is 0 Å². The molecule has 3 aromatic carbocycles. The number of nitrogens with zero attached hydrogens (tertiary/aromatic N) is 4. The lowest BCUT2D eigenvalue weighted by atomic mass is 9.95. The maximum atomic E-state index is 12.5. The highest BCUT2D eigenvalue weighted by atomic mass is 16.5. The van der Waals surface area contributed by atoms with Crippen LogP contribution in [0.5, 0.6) is 11.5 Å². The Morgan fingerprint density at radius 2 is 1.62 bits per heavy atom. The number of rotatable bonds is 5. The molecule has 8 heteroatoms. The zero-order chi connectivity index (χ0) is 25.9. The van der Waals surface area contributed by atoms with Crippen molar-refractivity contribution < 1.29 is 14.3 Å². The molecule has 0 aliphatic carbocycles. The second-order valence-corrected chi connectivity index (χ2v) is 8.74. The first-order valence-corrected chi connectivity index (χ1v) is 12.1. The second kappa shape index (κ2) is 10.2. The molecule has 2 amide bonds. The summed E-state index contributed by atoms with van der Waals surface area (Å²) in [6, 6.07) is 23.9. The Bertz CT molecular complexity index is 1460. The number of carbonyl (C=O) groups excluding carboxylic acids is 1. The topological polar surface area (TPSA) is 81.0 Å². The second-order valence-electron chi connectivity index (χ2n) is 8.74. The number of hydrogen-bond donors (Lipinski definition) is 1. The van der Waals surface area contributed by atoms with Crippen LogP contribution in [0.1, 0.15) is 22.4 Å². The van der Waals surface area contributed by atoms with Crippen LogP contribution in [0.2, 0.25) is 0 Å². The van der Waals surface area contributed by atoms with Gasteiger partial charge in [0.05, 0.1) is 37.9 Å². The number of methoxy groups -OCH3 is 2. The molecule has 188 valence electrons. The van der Waals surface area contributed by atoms with E-state index in [9.17, 15) is 4.79 Å². The Morgan fingerprint density at radius 3 is 2.30 bits per heavy atom. The van der Waals surface area contributed by atoms with E-state index in [0.717, 1.165) is 39.3 Å². The summed E-state index contributed by atoms with van der Waals surface area (Å²) in [5.74, 6) is 1.26. The third-order valence-corrected chi connectivity index (χ3v) is 6.47. The van der Waals surface area contributed by atoms with E-state index in [1.807, 2.05) is 66.2 Å². The van der Waals surface area contributed by atoms with E-state index in [4.69, 9.17) is 19.7 Å². The SMILES string of the molecule is CNC(=O)N1CCc2cc(OC)c(OC)cc2C(c2ccc(-n3nc(-c4ccccc4)cc3C)cc2)=N1. The number of benzene rings is 3. The van der Waals surface area contributed by atoms with Crippen molar-refractivity contribution >= 4 is 11.7 Å². The van der Waals surface area contributed by atoms with Crippen molar-refractivity contribution in [3.63, 3.8) is 0 Å². The number of aromatic nitrogens is 2. The molecule has 8 nitrogen and oxygen atoms in total. The normalized spacial score (nSPS) is 12.9. The lowest BCUT2D eigenvalue weighted by Gasteiger charge is -2.16. The summed E-state index contributed by atoms with van der Waals surface area (Å²) in [4.78, 5) is 12.5. The van der Waals surface area contributed by atoms with Crippen molar-refractivity contribution in [3.8, 4) is 28.4 Å². The summed E-state index contributed by atoms with van der Waals surface area (Å²) in [7, 11) is 4.83. The minimum absolute atomic E-state index is 0.263. The van der Waals surface area contributed by atoms with Gasteiger partial charge in [0.2, 0.25) is 0 Å². The number of aryl methyl sites for hydroxylation is 1. The molecule has 0 atom stereocenters. The number of hydrogen-bond acceptors (Lipinski definition) is 5. The summed E-state index contributed by atoms with van der Waals surface area (Å²) in [5, 5.41) is 13.7. The summed E-state index contributed by atoms with van der Waals surface area (Å²) in [6.07, 6.45) is 0.628. The van der Waals surface area contributed by atoms with Crippen LogP contribution < -0.4 is 14.8 Å². The molecule has 1 aromatic heterocycles. The van der Waals surface area contributed by atoms with Crippen LogP contribution in [0.4, 0.5) is 4.79 Å². The zero-order valence-electron chi connectivity index (χ0n) is 21.4. The van der Waals surface area contributed by atoms with E-state index in [1.165, 1.54) is 5.01 Å². The van der Waals surface area contributed by atoms with Gasteiger partial charge < -0.3 is 14.8 Å². The fraction of sp³-hybridized carbons (Fsp3) is 0.207. The van der Waals surface area contributed by atoms with Gasteiger partial charge in [-0.15, -0.1) is 0 Å². The number of nitrogens with one attached hydrogen (secondary N) is 1. The molecule has 37 heavy (non-hydrogen) atoms. The minimum atomic E-state index is -0.263. The van der Waals surface area contributed by atoms with Gasteiger partial charge in [0.25, 0.3) is 0 Å². The third-order valence-electron chi connectivity index (χ3n) is 6.47. The molecule has 0 spiro atoms. The Kier molecular flexibility index (Phi) is 6.64. The molecule has 0 unspecified atom stereocenters. The molecular formula is C29H29N5O3. The Morgan fingerprint density at radius 1 is 0.919 bits per heavy atom. The summed E-state index contributed by atoms with van der Waals surface area (Å²) < 4.78 is 13.0. The maximum absolute atomic E-state index is 12.5. The number of ether oxygens (including phenoxy) is 2. The Balaban J connectivity index is 1.56. The third kappa shape index (κ3) is 4.65. The van der Waals surface area contributed by atoms with Gasteiger partial charge in [0.15, 0.2) is 11.5 Å². The lowest BCUT2D eigenvalue weighted by molar-refractivity contribution is 0.203. The average Bonchev–Trinajstić information content (AvgIpc) is 3.24. The molecule has 0 saturated heterocycles. The fourth-order valence-electron chi connectivity index (χ4n) is 4.53. The molecule has 5 rings (SSSR count). The van der Waals surface area contributed by atoms with Gasteiger partial charge in [-0.1, -0.05) is 42.5 Å². The van der Waals surface area contributed by atoms with Crippen LogP contribution in [0, 0.1) is 6.92 Å². The summed E-state index contributed by atoms with van der Waals surface area (Å²) >= 11 is 0. The van der Waals surface area contributed by atoms with Gasteiger partial charge in [-0.05, 0) is 49.2 Å². The van der Waals surface area contributed by atoms with E-state index in [-0.39, 0.29) is 6.03 Å². The van der Waals surface area contributed by atoms with Crippen molar-refractivity contribution in [1.29, 1.82) is 0 Å². The van der Waals surface area contributed by atoms with E-state index in [0.29, 0.717) is 30.2 Å². The van der Waals surface area contributed by atoms with Gasteiger partial charge in [-0.25, -0.2) is 14.5 Å². The molecule has 0 fully saturated rings. The molecule has 0 saturated carbocycles. The molecular weight excluding hydrogens is 466 g/mol. The zero-order valence-corrected chi connectivity index (χ0v) is 21.4. The fourth-order valence-corrected chi connectivity index (χ4v) is 4.53. The number of urea groups is 1. The predicted octanol–water partition coefficient (Wildman–Crippen LogP) is 4.81. The average molecular weight is 496 g/mol. The van der Waals surface area contributed by atoms with Crippen molar-refractivity contribution in [1.82, 2.24) is 20.1 Å². The Hall–Kier alpha value is -4.59. The molecule has 1 aliphatic rings. The standard InChI is InChI=1S/C29H29N5O3/c1-19-16-25(20-8-6-5-7-9-20)31-34(19)23-12-10-21(11-13-23)28-24-18-27(37-4)26(36-3)17-22(24)14-15-33(32-28)29(35)30-2/h5-13,16-18H,14-15H2,1-4H3,(H,30,35). The summed E-state index contributed by atoms with van der Waals surface area (Å²) in [6.45, 7) is 2.48. The molecule has 1 N–H and O–H groups in total. The van der Waals surface area contributed by atoms with Crippen molar-refractivity contribution in [2.24, 2.45) is 5.10 Å². The summed E-state index contributed by atoms with van der Waals surface area (Å²) in [5.41, 5.74) is 7.46. The van der Waals surface area contributed by atoms with Gasteiger partial charge >= 0.3 is 6.03 Å². The number of carbonyl (C=O) groups is 1. The Labute approximate surface area is 216 Å². The molecule has 0 bridgehead atoms. The van der Waals surface area contributed by atoms with Gasteiger partial charge in [-0.2, -0.15) is 10.2 Å². The predicted molar refractivity (Wildman–Crippen MR) is 144 cm³/mol. The largest absolute Gasteiger partial charge is 0.493 e. The number of amides is 2. The highest BCUT2D eigenvalue weighted by Crippen LogP contribution is 2.34. The van der Waals surface area contributed by atoms with E-state index in [2.05, 4.69) is 23.5 Å². The van der Waals surface area contributed by atoms with E-state index in [1.54, 1.807) is 21.3 Å². The first-order valence-electron chi connectivity index (χ1n) is 12.1. The highest BCUT2D eigenvalue weighted by Gasteiger charge is 2.24. The molecule has 1 aliphatic heterocycles. The van der Waals surface area contributed by atoms with Crippen LogP contribution in [-0.4, -0.2) is 54.3 Å². The van der Waals surface area contributed by atoms with Crippen LogP contribution in [0.3, 0.4) is 0 Å². The lowest BCUT2D eigenvalue weighted by Crippen LogP contribution is -2.35. The first kappa shape index (κ1) is 24.1. The van der Waals surface area contributed by atoms with Crippen LogP contribution in [-0.2, 0) is 6.42 Å². The smallest absolute Gasteiger partial charge is 0.337 e. The minimum Gasteiger partial charge on any atom is -0.493 e. The highest BCUT2D eigenvalue weighted by molar-refractivity contribution is 6.14. The monoisotopic (exact) mass is 495 g/mol. The van der Waals surface area contributed by atoms with Gasteiger partial charge in [0, 0.05) is 29.4 Å². The van der Waals surface area contributed by atoms with E-state index < -0.39 is 0 Å². The molecule has 4 aromatic rings. The van der Waals surface area contributed by atoms with Crippen molar-refractivity contribution in [3.05, 3.63) is 95.2 Å². The van der Waals surface area contributed by atoms with Crippen molar-refractivity contribution in [2.45, 2.75) is 13.3 Å². The number of fused-ring (bicyclic) bond motifs is 1.